The molecule has 0 aliphatic carbocycles. The van der Waals surface area contributed by atoms with E-state index in [1.807, 2.05) is 7.05 Å². The molecule has 1 rings (SSSR count). The fourth-order valence-electron chi connectivity index (χ4n) is 1.69. The van der Waals surface area contributed by atoms with Gasteiger partial charge < -0.3 is 19.5 Å². The van der Waals surface area contributed by atoms with Crippen LogP contribution in [0.2, 0.25) is 5.02 Å². The summed E-state index contributed by atoms with van der Waals surface area (Å²) in [6, 6.07) is 3.41. The molecule has 5 nitrogen and oxygen atoms in total. The van der Waals surface area contributed by atoms with Crippen molar-refractivity contribution in [3.05, 3.63) is 22.7 Å². The third kappa shape index (κ3) is 4.90. The molecule has 0 saturated carbocycles. The van der Waals surface area contributed by atoms with Gasteiger partial charge in [0.05, 0.1) is 13.2 Å². The lowest BCUT2D eigenvalue weighted by atomic mass is 10.2. The molecule has 0 aliphatic heterocycles. The zero-order valence-electron chi connectivity index (χ0n) is 12.2. The molecular formula is C14H20ClNO4. The first-order valence-electron chi connectivity index (χ1n) is 6.31. The zero-order valence-corrected chi connectivity index (χ0v) is 12.9. The number of rotatable bonds is 7. The molecular weight excluding hydrogens is 282 g/mol. The number of hydrogen-bond donors (Lipinski definition) is 1. The van der Waals surface area contributed by atoms with Crippen LogP contribution in [0.3, 0.4) is 0 Å². The lowest BCUT2D eigenvalue weighted by molar-refractivity contribution is -0.149. The summed E-state index contributed by atoms with van der Waals surface area (Å²) in [5.74, 6) is 0.555. The van der Waals surface area contributed by atoms with Gasteiger partial charge in [-0.2, -0.15) is 0 Å². The monoisotopic (exact) mass is 301 g/mol. The number of carbonyl (C=O) groups is 1. The van der Waals surface area contributed by atoms with Crippen molar-refractivity contribution >= 4 is 17.6 Å². The van der Waals surface area contributed by atoms with E-state index in [4.69, 9.17) is 25.8 Å². The number of carbonyl (C=O) groups excluding carboxylic acids is 1. The molecule has 1 N–H and O–H groups in total. The van der Waals surface area contributed by atoms with Gasteiger partial charge in [0.1, 0.15) is 0 Å². The lowest BCUT2D eigenvalue weighted by Crippen LogP contribution is -2.19. The molecule has 0 fully saturated rings. The van der Waals surface area contributed by atoms with E-state index in [9.17, 15) is 4.79 Å². The second-order valence-electron chi connectivity index (χ2n) is 4.45. The molecule has 112 valence electrons. The van der Waals surface area contributed by atoms with Crippen molar-refractivity contribution in [3.8, 4) is 11.5 Å². The Hall–Kier alpha value is -1.46. The highest BCUT2D eigenvalue weighted by Crippen LogP contribution is 2.34. The number of ether oxygens (including phenoxy) is 3. The van der Waals surface area contributed by atoms with Crippen LogP contribution in [-0.2, 0) is 16.1 Å². The van der Waals surface area contributed by atoms with Crippen LogP contribution < -0.4 is 14.8 Å². The van der Waals surface area contributed by atoms with Crippen LogP contribution in [0.4, 0.5) is 0 Å². The van der Waals surface area contributed by atoms with Gasteiger partial charge in [0.2, 0.25) is 0 Å². The zero-order chi connectivity index (χ0) is 15.1. The largest absolute Gasteiger partial charge is 0.493 e. The predicted octanol–water partition coefficient (Wildman–Crippen LogP) is 2.40. The second kappa shape index (κ2) is 7.97. The van der Waals surface area contributed by atoms with Crippen molar-refractivity contribution in [1.29, 1.82) is 0 Å². The Bertz CT molecular complexity index is 463. The van der Waals surface area contributed by atoms with Gasteiger partial charge in [0.15, 0.2) is 18.1 Å². The Kier molecular flexibility index (Phi) is 6.61. The number of esters is 1. The number of nitrogens with one attached hydrogen (secondary N) is 1. The molecule has 0 aliphatic rings. The highest BCUT2D eigenvalue weighted by Gasteiger charge is 2.15. The molecule has 6 heteroatoms. The quantitative estimate of drug-likeness (QED) is 0.784. The van der Waals surface area contributed by atoms with Crippen molar-refractivity contribution in [2.24, 2.45) is 0 Å². The Morgan fingerprint density at radius 2 is 2.10 bits per heavy atom. The van der Waals surface area contributed by atoms with E-state index in [-0.39, 0.29) is 12.7 Å². The van der Waals surface area contributed by atoms with Crippen LogP contribution in [0.1, 0.15) is 19.4 Å². The maximum Gasteiger partial charge on any atom is 0.344 e. The molecule has 0 bridgehead atoms. The van der Waals surface area contributed by atoms with Gasteiger partial charge >= 0.3 is 5.97 Å². The minimum Gasteiger partial charge on any atom is -0.493 e. The molecule has 0 saturated heterocycles. The van der Waals surface area contributed by atoms with E-state index < -0.39 is 5.97 Å². The van der Waals surface area contributed by atoms with Gasteiger partial charge in [-0.1, -0.05) is 11.6 Å². The van der Waals surface area contributed by atoms with Crippen LogP contribution >= 0.6 is 11.6 Å². The van der Waals surface area contributed by atoms with Gasteiger partial charge in [-0.15, -0.1) is 0 Å². The summed E-state index contributed by atoms with van der Waals surface area (Å²) in [6.45, 7) is 3.94. The minimum absolute atomic E-state index is 0.171. The van der Waals surface area contributed by atoms with Crippen molar-refractivity contribution in [2.45, 2.75) is 26.5 Å². The molecule has 1 aromatic rings. The van der Waals surface area contributed by atoms with Crippen molar-refractivity contribution in [1.82, 2.24) is 5.32 Å². The van der Waals surface area contributed by atoms with E-state index in [0.29, 0.717) is 23.1 Å². The standard InChI is InChI=1S/C14H20ClNO4/c1-9(2)20-13(17)8-19-14-10(7-16-3)5-11(15)6-12(14)18-4/h5-6,9,16H,7-8H2,1-4H3. The summed E-state index contributed by atoms with van der Waals surface area (Å²) >= 11 is 6.01. The molecule has 20 heavy (non-hydrogen) atoms. The topological polar surface area (TPSA) is 56.8 Å². The summed E-state index contributed by atoms with van der Waals surface area (Å²) in [4.78, 5) is 11.5. The van der Waals surface area contributed by atoms with Crippen LogP contribution in [0.25, 0.3) is 0 Å². The molecule has 0 spiro atoms. The first-order chi connectivity index (χ1) is 9.47. The summed E-state index contributed by atoms with van der Waals surface area (Å²) in [7, 11) is 3.33. The first kappa shape index (κ1) is 16.6. The summed E-state index contributed by atoms with van der Waals surface area (Å²) in [5.41, 5.74) is 0.814. The average Bonchev–Trinajstić information content (AvgIpc) is 2.36. The number of hydrogen-bond acceptors (Lipinski definition) is 5. The Labute approximate surface area is 124 Å². The fourth-order valence-corrected chi connectivity index (χ4v) is 1.92. The lowest BCUT2D eigenvalue weighted by Gasteiger charge is -2.16. The van der Waals surface area contributed by atoms with Crippen molar-refractivity contribution in [3.63, 3.8) is 0 Å². The number of halogens is 1. The highest BCUT2D eigenvalue weighted by atomic mass is 35.5. The molecule has 0 unspecified atom stereocenters. The van der Waals surface area contributed by atoms with Crippen LogP contribution in [0, 0.1) is 0 Å². The third-order valence-electron chi connectivity index (χ3n) is 2.39. The summed E-state index contributed by atoms with van der Waals surface area (Å²) in [6.07, 6.45) is -0.171. The number of benzene rings is 1. The molecule has 0 amide bonds. The smallest absolute Gasteiger partial charge is 0.344 e. The van der Waals surface area contributed by atoms with Gasteiger partial charge in [-0.3, -0.25) is 0 Å². The van der Waals surface area contributed by atoms with Crippen LogP contribution in [-0.4, -0.2) is 32.8 Å². The van der Waals surface area contributed by atoms with Crippen molar-refractivity contribution in [2.75, 3.05) is 20.8 Å². The van der Waals surface area contributed by atoms with Gasteiger partial charge in [0, 0.05) is 23.2 Å². The maximum atomic E-state index is 11.5. The third-order valence-corrected chi connectivity index (χ3v) is 2.60. The Morgan fingerprint density at radius 3 is 2.65 bits per heavy atom. The van der Waals surface area contributed by atoms with E-state index in [2.05, 4.69) is 5.32 Å². The Balaban J connectivity index is 2.88. The molecule has 0 radical (unpaired) electrons. The SMILES string of the molecule is CNCc1cc(Cl)cc(OC)c1OCC(=O)OC(C)C. The second-order valence-corrected chi connectivity index (χ2v) is 4.89. The molecule has 0 heterocycles. The van der Waals surface area contributed by atoms with E-state index in [0.717, 1.165) is 5.56 Å². The molecule has 0 aromatic heterocycles. The minimum atomic E-state index is -0.424. The molecule has 0 atom stereocenters. The van der Waals surface area contributed by atoms with E-state index in [1.54, 1.807) is 26.0 Å². The average molecular weight is 302 g/mol. The normalized spacial score (nSPS) is 10.5. The maximum absolute atomic E-state index is 11.5. The van der Waals surface area contributed by atoms with Gasteiger partial charge in [-0.05, 0) is 27.0 Å². The number of methoxy groups -OCH3 is 1. The first-order valence-corrected chi connectivity index (χ1v) is 6.69. The van der Waals surface area contributed by atoms with Crippen molar-refractivity contribution < 1.29 is 19.0 Å². The van der Waals surface area contributed by atoms with Crippen LogP contribution in [0.5, 0.6) is 11.5 Å². The van der Waals surface area contributed by atoms with Crippen LogP contribution in [0.15, 0.2) is 12.1 Å². The van der Waals surface area contributed by atoms with E-state index >= 15 is 0 Å². The van der Waals surface area contributed by atoms with E-state index in [1.165, 1.54) is 7.11 Å². The molecule has 1 aromatic carbocycles. The predicted molar refractivity (Wildman–Crippen MR) is 77.5 cm³/mol. The highest BCUT2D eigenvalue weighted by molar-refractivity contribution is 6.30. The van der Waals surface area contributed by atoms with Gasteiger partial charge in [-0.25, -0.2) is 4.79 Å². The summed E-state index contributed by atoms with van der Waals surface area (Å²) < 4.78 is 15.8. The van der Waals surface area contributed by atoms with Gasteiger partial charge in [0.25, 0.3) is 0 Å². The Morgan fingerprint density at radius 1 is 1.40 bits per heavy atom. The summed E-state index contributed by atoms with van der Waals surface area (Å²) in [5, 5.41) is 3.56. The fraction of sp³-hybridized carbons (Fsp3) is 0.500.